The SMILES string of the molecule is COC1CCN(C(=O)c2cc(C3(C#N)CCC3)cc(CS(=O)(=O)c3cc(Br)ccc3O)c2O)C1. The number of hydrogen-bond donors (Lipinski definition) is 2. The first kappa shape index (κ1) is 24.5. The standard InChI is InChI=1S/C24H25BrN2O6S/c1-33-18-5-8-27(12-18)23(30)19-10-16(24(14-26)6-2-7-24)9-15(22(19)29)13-34(31,32)21-11-17(25)3-4-20(21)28/h3-4,9-11,18,28-29H,2,5-8,12-13H2,1H3. The van der Waals surface area contributed by atoms with E-state index in [1.165, 1.54) is 30.3 Å². The first-order chi connectivity index (χ1) is 16.1. The summed E-state index contributed by atoms with van der Waals surface area (Å²) in [5.74, 6) is -1.92. The number of amides is 1. The molecular weight excluding hydrogens is 524 g/mol. The highest BCUT2D eigenvalue weighted by Gasteiger charge is 2.41. The van der Waals surface area contributed by atoms with Crippen molar-refractivity contribution in [3.05, 3.63) is 51.5 Å². The van der Waals surface area contributed by atoms with E-state index in [0.29, 0.717) is 42.4 Å². The fourth-order valence-electron chi connectivity index (χ4n) is 4.53. The van der Waals surface area contributed by atoms with Crippen LogP contribution in [0.1, 0.15) is 47.2 Å². The van der Waals surface area contributed by atoms with Crippen LogP contribution in [0.25, 0.3) is 0 Å². The summed E-state index contributed by atoms with van der Waals surface area (Å²) in [6, 6.07) is 9.41. The molecule has 2 N–H and O–H groups in total. The van der Waals surface area contributed by atoms with E-state index >= 15 is 0 Å². The second kappa shape index (κ2) is 9.21. The number of hydrogen-bond acceptors (Lipinski definition) is 7. The topological polar surface area (TPSA) is 128 Å². The van der Waals surface area contributed by atoms with Gasteiger partial charge in [0.05, 0.1) is 28.9 Å². The summed E-state index contributed by atoms with van der Waals surface area (Å²) in [7, 11) is -2.51. The smallest absolute Gasteiger partial charge is 0.257 e. The van der Waals surface area contributed by atoms with E-state index in [1.807, 2.05) is 0 Å². The molecule has 0 spiro atoms. The van der Waals surface area contributed by atoms with Gasteiger partial charge in [0.1, 0.15) is 16.4 Å². The number of benzene rings is 2. The lowest BCUT2D eigenvalue weighted by molar-refractivity contribution is 0.0721. The maximum absolute atomic E-state index is 13.3. The van der Waals surface area contributed by atoms with E-state index in [2.05, 4.69) is 22.0 Å². The molecule has 2 aromatic carbocycles. The van der Waals surface area contributed by atoms with Gasteiger partial charge in [0.25, 0.3) is 5.91 Å². The molecule has 1 saturated heterocycles. The largest absolute Gasteiger partial charge is 0.507 e. The molecule has 180 valence electrons. The van der Waals surface area contributed by atoms with Crippen molar-refractivity contribution in [2.75, 3.05) is 20.2 Å². The Bertz CT molecular complexity index is 1280. The average Bonchev–Trinajstić information content (AvgIpc) is 3.25. The van der Waals surface area contributed by atoms with Crippen molar-refractivity contribution < 1.29 is 28.2 Å². The lowest BCUT2D eigenvalue weighted by atomic mass is 9.65. The first-order valence-electron chi connectivity index (χ1n) is 10.9. The number of phenols is 2. The molecule has 1 atom stereocenters. The third-order valence-electron chi connectivity index (χ3n) is 6.76. The fourth-order valence-corrected chi connectivity index (χ4v) is 6.53. The van der Waals surface area contributed by atoms with Crippen LogP contribution in [-0.2, 0) is 25.7 Å². The molecule has 1 heterocycles. The minimum absolute atomic E-state index is 0.0178. The monoisotopic (exact) mass is 548 g/mol. The molecule has 4 rings (SSSR count). The Morgan fingerprint density at radius 2 is 2.03 bits per heavy atom. The number of phenolic OH excluding ortho intramolecular Hbond substituents is 2. The Morgan fingerprint density at radius 1 is 1.29 bits per heavy atom. The van der Waals surface area contributed by atoms with Gasteiger partial charge in [-0.3, -0.25) is 4.79 Å². The Kier molecular flexibility index (Phi) is 6.64. The average molecular weight is 549 g/mol. The number of carbonyl (C=O) groups excluding carboxylic acids is 1. The van der Waals surface area contributed by atoms with Gasteiger partial charge >= 0.3 is 0 Å². The number of nitriles is 1. The molecule has 1 unspecified atom stereocenters. The van der Waals surface area contributed by atoms with Crippen LogP contribution in [0.4, 0.5) is 0 Å². The van der Waals surface area contributed by atoms with Gasteiger partial charge in [-0.2, -0.15) is 5.26 Å². The summed E-state index contributed by atoms with van der Waals surface area (Å²) < 4.78 is 32.2. The van der Waals surface area contributed by atoms with Gasteiger partial charge in [-0.15, -0.1) is 0 Å². The lowest BCUT2D eigenvalue weighted by Crippen LogP contribution is -2.34. The van der Waals surface area contributed by atoms with Crippen LogP contribution in [-0.4, -0.2) is 55.7 Å². The summed E-state index contributed by atoms with van der Waals surface area (Å²) in [4.78, 5) is 14.6. The van der Waals surface area contributed by atoms with Crippen molar-refractivity contribution in [2.24, 2.45) is 0 Å². The summed E-state index contributed by atoms with van der Waals surface area (Å²) in [5.41, 5.74) is -0.309. The summed E-state index contributed by atoms with van der Waals surface area (Å²) in [6.45, 7) is 0.811. The molecule has 34 heavy (non-hydrogen) atoms. The van der Waals surface area contributed by atoms with Gasteiger partial charge in [-0.25, -0.2) is 8.42 Å². The minimum Gasteiger partial charge on any atom is -0.507 e. The third-order valence-corrected chi connectivity index (χ3v) is 8.94. The van der Waals surface area contributed by atoms with Crippen molar-refractivity contribution in [3.8, 4) is 17.6 Å². The van der Waals surface area contributed by atoms with Crippen LogP contribution in [0.5, 0.6) is 11.5 Å². The minimum atomic E-state index is -4.09. The number of ether oxygens (including phenoxy) is 1. The summed E-state index contributed by atoms with van der Waals surface area (Å²) in [5, 5.41) is 31.0. The number of nitrogens with zero attached hydrogens (tertiary/aromatic N) is 2. The Hall–Kier alpha value is -2.61. The second-order valence-corrected chi connectivity index (χ2v) is 11.7. The van der Waals surface area contributed by atoms with Crippen molar-refractivity contribution in [2.45, 2.75) is 47.9 Å². The highest BCUT2D eigenvalue weighted by atomic mass is 79.9. The number of carbonyl (C=O) groups is 1. The molecule has 10 heteroatoms. The number of methoxy groups -OCH3 is 1. The predicted molar refractivity (Wildman–Crippen MR) is 127 cm³/mol. The number of rotatable bonds is 6. The fraction of sp³-hybridized carbons (Fsp3) is 0.417. The molecule has 1 amide bonds. The van der Waals surface area contributed by atoms with Crippen LogP contribution in [0.2, 0.25) is 0 Å². The molecule has 0 bridgehead atoms. The van der Waals surface area contributed by atoms with Crippen LogP contribution < -0.4 is 0 Å². The molecule has 8 nitrogen and oxygen atoms in total. The zero-order valence-electron chi connectivity index (χ0n) is 18.6. The van der Waals surface area contributed by atoms with E-state index in [4.69, 9.17) is 4.74 Å². The summed E-state index contributed by atoms with van der Waals surface area (Å²) in [6.07, 6.45) is 2.59. The lowest BCUT2D eigenvalue weighted by Gasteiger charge is -2.36. The van der Waals surface area contributed by atoms with Crippen LogP contribution in [0.15, 0.2) is 39.7 Å². The van der Waals surface area contributed by atoms with E-state index in [-0.39, 0.29) is 22.1 Å². The first-order valence-corrected chi connectivity index (χ1v) is 13.4. The van der Waals surface area contributed by atoms with E-state index < -0.39 is 38.4 Å². The number of halogens is 1. The van der Waals surface area contributed by atoms with Gasteiger partial charge in [-0.1, -0.05) is 15.9 Å². The third kappa shape index (κ3) is 4.40. The molecule has 1 saturated carbocycles. The van der Waals surface area contributed by atoms with Crippen molar-refractivity contribution in [1.29, 1.82) is 5.26 Å². The van der Waals surface area contributed by atoms with Crippen LogP contribution in [0.3, 0.4) is 0 Å². The van der Waals surface area contributed by atoms with Crippen LogP contribution in [0, 0.1) is 11.3 Å². The van der Waals surface area contributed by atoms with E-state index in [0.717, 1.165) is 6.42 Å². The number of aromatic hydroxyl groups is 2. The van der Waals surface area contributed by atoms with Gasteiger partial charge < -0.3 is 19.8 Å². The number of likely N-dealkylation sites (tertiary alicyclic amines) is 1. The van der Waals surface area contributed by atoms with Crippen molar-refractivity contribution in [1.82, 2.24) is 4.90 Å². The second-order valence-electron chi connectivity index (χ2n) is 8.85. The Balaban J connectivity index is 1.79. The molecule has 0 radical (unpaired) electrons. The quantitative estimate of drug-likeness (QED) is 0.563. The Morgan fingerprint density at radius 3 is 2.62 bits per heavy atom. The molecule has 2 aliphatic rings. The maximum Gasteiger partial charge on any atom is 0.257 e. The summed E-state index contributed by atoms with van der Waals surface area (Å²) >= 11 is 3.21. The highest BCUT2D eigenvalue weighted by molar-refractivity contribution is 9.10. The molecule has 2 aromatic rings. The maximum atomic E-state index is 13.3. The normalized spacial score (nSPS) is 19.4. The van der Waals surface area contributed by atoms with E-state index in [9.17, 15) is 28.7 Å². The zero-order chi connectivity index (χ0) is 24.7. The predicted octanol–water partition coefficient (Wildman–Crippen LogP) is 3.64. The molecule has 1 aliphatic heterocycles. The van der Waals surface area contributed by atoms with Gasteiger partial charge in [-0.05, 0) is 61.6 Å². The zero-order valence-corrected chi connectivity index (χ0v) is 21.0. The molecule has 2 fully saturated rings. The van der Waals surface area contributed by atoms with Gasteiger partial charge in [0, 0.05) is 30.2 Å². The molecular formula is C24H25BrN2O6S. The van der Waals surface area contributed by atoms with Gasteiger partial charge in [0.15, 0.2) is 9.84 Å². The molecule has 1 aliphatic carbocycles. The van der Waals surface area contributed by atoms with Crippen molar-refractivity contribution in [3.63, 3.8) is 0 Å². The number of sulfone groups is 1. The molecule has 0 aromatic heterocycles. The highest BCUT2D eigenvalue weighted by Crippen LogP contribution is 2.45. The Labute approximate surface area is 206 Å². The van der Waals surface area contributed by atoms with Crippen LogP contribution >= 0.6 is 15.9 Å². The van der Waals surface area contributed by atoms with E-state index in [1.54, 1.807) is 12.0 Å². The van der Waals surface area contributed by atoms with Gasteiger partial charge in [0.2, 0.25) is 0 Å². The van der Waals surface area contributed by atoms with Crippen molar-refractivity contribution >= 4 is 31.7 Å².